The molecule has 0 atom stereocenters. The molecule has 0 unspecified atom stereocenters. The lowest BCUT2D eigenvalue weighted by atomic mass is 10.1. The van der Waals surface area contributed by atoms with E-state index in [0.29, 0.717) is 6.54 Å². The van der Waals surface area contributed by atoms with E-state index in [9.17, 15) is 13.2 Å². The summed E-state index contributed by atoms with van der Waals surface area (Å²) in [4.78, 5) is 14.4. The summed E-state index contributed by atoms with van der Waals surface area (Å²) in [5, 5.41) is 2.80. The van der Waals surface area contributed by atoms with Crippen LogP contribution in [0.1, 0.15) is 11.1 Å². The molecule has 6 nitrogen and oxygen atoms in total. The van der Waals surface area contributed by atoms with Crippen LogP contribution in [0.4, 0.5) is 0 Å². The molecule has 2 aromatic carbocycles. The van der Waals surface area contributed by atoms with Crippen molar-refractivity contribution in [3.8, 4) is 0 Å². The molecule has 1 N–H and O–H groups in total. The molecule has 26 heavy (non-hydrogen) atoms. The average molecular weight is 375 g/mol. The molecule has 0 heterocycles. The van der Waals surface area contributed by atoms with Crippen LogP contribution in [0.15, 0.2) is 59.5 Å². The first-order valence-corrected chi connectivity index (χ1v) is 9.74. The summed E-state index contributed by atoms with van der Waals surface area (Å²) in [7, 11) is 1.70. The average Bonchev–Trinajstić information content (AvgIpc) is 2.61. The summed E-state index contributed by atoms with van der Waals surface area (Å²) in [5.41, 5.74) is 2.14. The van der Waals surface area contributed by atoms with Crippen LogP contribution in [0.3, 0.4) is 0 Å². The first-order valence-electron chi connectivity index (χ1n) is 8.30. The van der Waals surface area contributed by atoms with Crippen LogP contribution in [-0.2, 0) is 27.9 Å². The predicted molar refractivity (Wildman–Crippen MR) is 102 cm³/mol. The van der Waals surface area contributed by atoms with Crippen molar-refractivity contribution in [3.05, 3.63) is 65.7 Å². The SMILES string of the molecule is CN(C)Cc1ccccc1CNC(=O)CN(C)S(=O)(=O)c1ccccc1. The summed E-state index contributed by atoms with van der Waals surface area (Å²) in [6.07, 6.45) is 0. The van der Waals surface area contributed by atoms with Gasteiger partial charge in [0.1, 0.15) is 0 Å². The zero-order chi connectivity index (χ0) is 19.2. The van der Waals surface area contributed by atoms with Gasteiger partial charge in [0.05, 0.1) is 11.4 Å². The van der Waals surface area contributed by atoms with Crippen molar-refractivity contribution in [3.63, 3.8) is 0 Å². The molecule has 1 amide bonds. The zero-order valence-corrected chi connectivity index (χ0v) is 16.2. The van der Waals surface area contributed by atoms with Crippen LogP contribution in [0.25, 0.3) is 0 Å². The van der Waals surface area contributed by atoms with E-state index in [4.69, 9.17) is 0 Å². The van der Waals surface area contributed by atoms with Gasteiger partial charge in [0.15, 0.2) is 0 Å². The predicted octanol–water partition coefficient (Wildman–Crippen LogP) is 1.69. The van der Waals surface area contributed by atoms with Crippen LogP contribution >= 0.6 is 0 Å². The van der Waals surface area contributed by atoms with E-state index >= 15 is 0 Å². The summed E-state index contributed by atoms with van der Waals surface area (Å²) in [6, 6.07) is 16.0. The Hall–Kier alpha value is -2.22. The van der Waals surface area contributed by atoms with Gasteiger partial charge in [-0.1, -0.05) is 42.5 Å². The molecule has 0 aliphatic rings. The summed E-state index contributed by atoms with van der Waals surface area (Å²) >= 11 is 0. The minimum atomic E-state index is -3.68. The van der Waals surface area contributed by atoms with E-state index in [2.05, 4.69) is 10.2 Å². The number of carbonyl (C=O) groups is 1. The summed E-state index contributed by atoms with van der Waals surface area (Å²) < 4.78 is 26.0. The fourth-order valence-electron chi connectivity index (χ4n) is 2.53. The van der Waals surface area contributed by atoms with Gasteiger partial charge < -0.3 is 10.2 Å². The van der Waals surface area contributed by atoms with Crippen LogP contribution in [0.2, 0.25) is 0 Å². The van der Waals surface area contributed by atoms with E-state index < -0.39 is 10.0 Å². The van der Waals surface area contributed by atoms with Crippen LogP contribution in [0, 0.1) is 0 Å². The van der Waals surface area contributed by atoms with Gasteiger partial charge in [-0.15, -0.1) is 0 Å². The van der Waals surface area contributed by atoms with E-state index in [-0.39, 0.29) is 17.3 Å². The van der Waals surface area contributed by atoms with E-state index in [1.807, 2.05) is 38.4 Å². The van der Waals surface area contributed by atoms with Gasteiger partial charge >= 0.3 is 0 Å². The fraction of sp³-hybridized carbons (Fsp3) is 0.316. The molecular weight excluding hydrogens is 350 g/mol. The molecule has 0 aliphatic carbocycles. The Morgan fingerprint density at radius 1 is 0.923 bits per heavy atom. The number of nitrogens with one attached hydrogen (secondary N) is 1. The molecule has 2 rings (SSSR count). The first-order chi connectivity index (χ1) is 12.3. The Kier molecular flexibility index (Phi) is 6.90. The molecule has 0 saturated carbocycles. The second-order valence-corrected chi connectivity index (χ2v) is 8.40. The number of nitrogens with zero attached hydrogens (tertiary/aromatic N) is 2. The lowest BCUT2D eigenvalue weighted by Gasteiger charge is -2.18. The van der Waals surface area contributed by atoms with Crippen molar-refractivity contribution in [2.24, 2.45) is 0 Å². The molecule has 140 valence electrons. The van der Waals surface area contributed by atoms with Gasteiger partial charge in [-0.2, -0.15) is 4.31 Å². The normalized spacial score (nSPS) is 11.7. The molecule has 0 fully saturated rings. The zero-order valence-electron chi connectivity index (χ0n) is 15.3. The van der Waals surface area contributed by atoms with E-state index in [1.54, 1.807) is 18.2 Å². The Labute approximate surface area is 155 Å². The third kappa shape index (κ3) is 5.39. The Morgan fingerprint density at radius 2 is 1.50 bits per heavy atom. The van der Waals surface area contributed by atoms with E-state index in [0.717, 1.165) is 22.0 Å². The number of hydrogen-bond acceptors (Lipinski definition) is 4. The quantitative estimate of drug-likeness (QED) is 0.762. The van der Waals surface area contributed by atoms with Crippen molar-refractivity contribution in [1.82, 2.24) is 14.5 Å². The molecule has 0 bridgehead atoms. The van der Waals surface area contributed by atoms with Crippen molar-refractivity contribution in [2.75, 3.05) is 27.7 Å². The monoisotopic (exact) mass is 375 g/mol. The summed E-state index contributed by atoms with van der Waals surface area (Å²) in [6.45, 7) is 0.906. The minimum Gasteiger partial charge on any atom is -0.351 e. The van der Waals surface area contributed by atoms with E-state index in [1.165, 1.54) is 19.2 Å². The van der Waals surface area contributed by atoms with Gasteiger partial charge in [-0.3, -0.25) is 4.79 Å². The van der Waals surface area contributed by atoms with Crippen LogP contribution in [-0.4, -0.2) is 51.2 Å². The number of rotatable bonds is 8. The van der Waals surface area contributed by atoms with Crippen molar-refractivity contribution in [2.45, 2.75) is 18.0 Å². The third-order valence-electron chi connectivity index (χ3n) is 3.90. The Morgan fingerprint density at radius 3 is 2.12 bits per heavy atom. The van der Waals surface area contributed by atoms with Crippen LogP contribution in [0.5, 0.6) is 0 Å². The van der Waals surface area contributed by atoms with Gasteiger partial charge in [0.25, 0.3) is 0 Å². The van der Waals surface area contributed by atoms with Gasteiger partial charge in [-0.05, 0) is 37.4 Å². The molecule has 0 radical (unpaired) electrons. The lowest BCUT2D eigenvalue weighted by Crippen LogP contribution is -2.38. The van der Waals surface area contributed by atoms with Crippen LogP contribution < -0.4 is 5.32 Å². The number of likely N-dealkylation sites (N-methyl/N-ethyl adjacent to an activating group) is 1. The standard InChI is InChI=1S/C19H25N3O3S/c1-21(2)14-17-10-8-7-9-16(17)13-20-19(23)15-22(3)26(24,25)18-11-5-4-6-12-18/h4-12H,13-15H2,1-3H3,(H,20,23). The molecule has 0 saturated heterocycles. The highest BCUT2D eigenvalue weighted by Crippen LogP contribution is 2.13. The maximum atomic E-state index is 12.5. The molecule has 7 heteroatoms. The van der Waals surface area contributed by atoms with Gasteiger partial charge in [0.2, 0.25) is 15.9 Å². The second kappa shape index (κ2) is 8.93. The number of benzene rings is 2. The highest BCUT2D eigenvalue weighted by molar-refractivity contribution is 7.89. The third-order valence-corrected chi connectivity index (χ3v) is 5.72. The number of carbonyl (C=O) groups excluding carboxylic acids is 1. The number of hydrogen-bond donors (Lipinski definition) is 1. The lowest BCUT2D eigenvalue weighted by molar-refractivity contribution is -0.121. The largest absolute Gasteiger partial charge is 0.351 e. The number of sulfonamides is 1. The molecule has 2 aromatic rings. The molecule has 0 aromatic heterocycles. The maximum absolute atomic E-state index is 12.5. The Balaban J connectivity index is 1.97. The number of amides is 1. The highest BCUT2D eigenvalue weighted by atomic mass is 32.2. The fourth-order valence-corrected chi connectivity index (χ4v) is 3.68. The van der Waals surface area contributed by atoms with Crippen molar-refractivity contribution < 1.29 is 13.2 Å². The minimum absolute atomic E-state index is 0.173. The molecule has 0 aliphatic heterocycles. The van der Waals surface area contributed by atoms with Crippen molar-refractivity contribution in [1.29, 1.82) is 0 Å². The van der Waals surface area contributed by atoms with Gasteiger partial charge in [-0.25, -0.2) is 8.42 Å². The highest BCUT2D eigenvalue weighted by Gasteiger charge is 2.22. The second-order valence-electron chi connectivity index (χ2n) is 6.36. The molecular formula is C19H25N3O3S. The topological polar surface area (TPSA) is 69.7 Å². The maximum Gasteiger partial charge on any atom is 0.243 e. The molecule has 0 spiro atoms. The summed E-state index contributed by atoms with van der Waals surface area (Å²) in [5.74, 6) is -0.341. The smallest absolute Gasteiger partial charge is 0.243 e. The Bertz CT molecular complexity index is 836. The van der Waals surface area contributed by atoms with Crippen molar-refractivity contribution >= 4 is 15.9 Å². The van der Waals surface area contributed by atoms with Gasteiger partial charge in [0, 0.05) is 20.1 Å². The first kappa shape index (κ1) is 20.1.